The third-order valence-electron chi connectivity index (χ3n) is 20.3. The fourth-order valence-electron chi connectivity index (χ4n) is 16.2. The van der Waals surface area contributed by atoms with Crippen LogP contribution in [0.4, 0.5) is 62.6 Å². The van der Waals surface area contributed by atoms with Gasteiger partial charge < -0.3 is 19.6 Å². The first-order valence-corrected chi connectivity index (χ1v) is 35.6. The van der Waals surface area contributed by atoms with Crippen LogP contribution in [0.5, 0.6) is 0 Å². The van der Waals surface area contributed by atoms with Crippen LogP contribution in [0, 0.1) is 0 Å². The SMILES string of the molecule is C1=C2B3c4ccccc4Sc4cc(N(c5ccccc5)c5ccccc5-c5ccccc5)cc(c43)N(c3ccccc3-c3ccccc3)C2=CC2Sc3cc(N(c4ccccc4)c4ccccc4-c4ccccc4)cc4c3B(c3ccccc3N4c3ccccc3-c3ccccc3)C12. The Kier molecular flexibility index (Phi) is 14.4. The zero-order chi connectivity index (χ0) is 64.6. The summed E-state index contributed by atoms with van der Waals surface area (Å²) in [5.74, 6) is 0.0628. The van der Waals surface area contributed by atoms with Crippen LogP contribution in [0.1, 0.15) is 0 Å². The molecule has 0 radical (unpaired) electrons. The van der Waals surface area contributed by atoms with Crippen molar-refractivity contribution in [1.82, 2.24) is 0 Å². The first-order valence-electron chi connectivity index (χ1n) is 33.9. The summed E-state index contributed by atoms with van der Waals surface area (Å²) in [5.41, 5.74) is 29.8. The van der Waals surface area contributed by atoms with Crippen molar-refractivity contribution in [1.29, 1.82) is 0 Å². The molecule has 460 valence electrons. The van der Waals surface area contributed by atoms with Crippen molar-refractivity contribution in [3.63, 3.8) is 0 Å². The molecule has 14 aromatic rings. The molecule has 4 nitrogen and oxygen atoms in total. The van der Waals surface area contributed by atoms with Gasteiger partial charge in [-0.15, -0.1) is 11.8 Å². The van der Waals surface area contributed by atoms with E-state index >= 15 is 0 Å². The fourth-order valence-corrected chi connectivity index (χ4v) is 18.8. The van der Waals surface area contributed by atoms with Gasteiger partial charge in [0.2, 0.25) is 13.4 Å². The molecule has 2 atom stereocenters. The summed E-state index contributed by atoms with van der Waals surface area (Å²) in [7, 11) is 0. The molecule has 0 amide bonds. The molecule has 2 unspecified atom stereocenters. The van der Waals surface area contributed by atoms with Gasteiger partial charge in [0.15, 0.2) is 0 Å². The van der Waals surface area contributed by atoms with Crippen molar-refractivity contribution in [2.24, 2.45) is 0 Å². The molecule has 14 aromatic carbocycles. The second-order valence-corrected chi connectivity index (χ2v) is 28.0. The van der Waals surface area contributed by atoms with Gasteiger partial charge in [-0.2, -0.15) is 0 Å². The van der Waals surface area contributed by atoms with Crippen molar-refractivity contribution in [3.8, 4) is 44.5 Å². The lowest BCUT2D eigenvalue weighted by Gasteiger charge is -2.49. The van der Waals surface area contributed by atoms with Crippen LogP contribution in [-0.2, 0) is 0 Å². The average Bonchev–Trinajstić information content (AvgIpc) is 0.693. The topological polar surface area (TPSA) is 13.0 Å². The van der Waals surface area contributed by atoms with Crippen LogP contribution < -0.4 is 41.5 Å². The summed E-state index contributed by atoms with van der Waals surface area (Å²) in [6.45, 7) is -0.0691. The highest BCUT2D eigenvalue weighted by atomic mass is 32.2. The van der Waals surface area contributed by atoms with Crippen molar-refractivity contribution < 1.29 is 0 Å². The number of rotatable bonds is 12. The van der Waals surface area contributed by atoms with E-state index < -0.39 is 0 Å². The molecule has 4 heterocycles. The molecule has 0 aromatic heterocycles. The molecule has 98 heavy (non-hydrogen) atoms. The highest BCUT2D eigenvalue weighted by molar-refractivity contribution is 8.00. The molecular weight excluding hydrogens is 1220 g/mol. The summed E-state index contributed by atoms with van der Waals surface area (Å²) in [6.07, 6.45) is 5.48. The minimum Gasteiger partial charge on any atom is -0.311 e. The van der Waals surface area contributed by atoms with Crippen LogP contribution in [-0.4, -0.2) is 18.7 Å². The van der Waals surface area contributed by atoms with Gasteiger partial charge in [0.25, 0.3) is 0 Å². The third kappa shape index (κ3) is 9.72. The van der Waals surface area contributed by atoms with Gasteiger partial charge in [-0.25, -0.2) is 0 Å². The summed E-state index contributed by atoms with van der Waals surface area (Å²) < 4.78 is 0. The first-order chi connectivity index (χ1) is 48.7. The Balaban J connectivity index is 0.878. The molecule has 0 bridgehead atoms. The smallest absolute Gasteiger partial charge is 0.249 e. The molecule has 0 N–H and O–H groups in total. The number of hydrogen-bond donors (Lipinski definition) is 0. The van der Waals surface area contributed by atoms with E-state index in [0.29, 0.717) is 0 Å². The van der Waals surface area contributed by atoms with E-state index in [9.17, 15) is 0 Å². The second-order valence-electron chi connectivity index (χ2n) is 25.7. The monoisotopic (exact) mass is 1280 g/mol. The predicted octanol–water partition coefficient (Wildman–Crippen LogP) is 21.8. The molecule has 8 heteroatoms. The van der Waals surface area contributed by atoms with Crippen LogP contribution in [0.15, 0.2) is 390 Å². The molecule has 0 saturated carbocycles. The lowest BCUT2D eigenvalue weighted by molar-refractivity contribution is 0.970. The van der Waals surface area contributed by atoms with Gasteiger partial charge in [0.1, 0.15) is 0 Å². The predicted molar refractivity (Wildman–Crippen MR) is 417 cm³/mol. The second kappa shape index (κ2) is 24.4. The van der Waals surface area contributed by atoms with E-state index in [0.717, 1.165) is 56.6 Å². The zero-order valence-electron chi connectivity index (χ0n) is 53.6. The van der Waals surface area contributed by atoms with E-state index in [1.54, 1.807) is 0 Å². The number of benzene rings is 14. The number of hydrogen-bond acceptors (Lipinski definition) is 6. The van der Waals surface area contributed by atoms with E-state index in [4.69, 9.17) is 0 Å². The third-order valence-corrected chi connectivity index (χ3v) is 22.8. The Morgan fingerprint density at radius 1 is 0.296 bits per heavy atom. The number of anilines is 11. The fraction of sp³-hybridized carbons (Fsp3) is 0.0222. The average molecular weight is 1290 g/mol. The minimum atomic E-state index is -0.0638. The number of nitrogens with zero attached hydrogens (tertiary/aromatic N) is 4. The Labute approximate surface area is 582 Å². The summed E-state index contributed by atoms with van der Waals surface area (Å²) in [5, 5.41) is 0.00899. The summed E-state index contributed by atoms with van der Waals surface area (Å²) in [4.78, 5) is 14.1. The molecular formula is C90H62B2N4S2. The highest BCUT2D eigenvalue weighted by Gasteiger charge is 2.52. The Morgan fingerprint density at radius 2 is 0.704 bits per heavy atom. The van der Waals surface area contributed by atoms with E-state index in [1.807, 2.05) is 23.5 Å². The summed E-state index contributed by atoms with van der Waals surface area (Å²) in [6, 6.07) is 130. The molecule has 5 aliphatic rings. The van der Waals surface area contributed by atoms with E-state index in [-0.39, 0.29) is 24.5 Å². The van der Waals surface area contributed by atoms with Crippen LogP contribution in [0.25, 0.3) is 44.5 Å². The van der Waals surface area contributed by atoms with Gasteiger partial charge in [-0.1, -0.05) is 290 Å². The maximum absolute atomic E-state index is 2.78. The molecule has 0 spiro atoms. The van der Waals surface area contributed by atoms with Crippen molar-refractivity contribution in [2.45, 2.75) is 25.8 Å². The van der Waals surface area contributed by atoms with Crippen LogP contribution in [0.3, 0.4) is 0 Å². The lowest BCUT2D eigenvalue weighted by Crippen LogP contribution is -2.59. The molecule has 1 aliphatic carbocycles. The Bertz CT molecular complexity index is 5460. The van der Waals surface area contributed by atoms with Crippen molar-refractivity contribution in [3.05, 3.63) is 375 Å². The number of para-hydroxylation sites is 7. The van der Waals surface area contributed by atoms with E-state index in [1.165, 1.54) is 98.2 Å². The molecule has 0 fully saturated rings. The maximum Gasteiger partial charge on any atom is 0.249 e. The minimum absolute atomic E-state index is 0.00524. The number of fused-ring (bicyclic) bond motifs is 8. The summed E-state index contributed by atoms with van der Waals surface area (Å²) >= 11 is 3.95. The van der Waals surface area contributed by atoms with Crippen molar-refractivity contribution >= 4 is 121 Å². The van der Waals surface area contributed by atoms with Crippen LogP contribution >= 0.6 is 23.5 Å². The maximum atomic E-state index is 2.78. The lowest BCUT2D eigenvalue weighted by atomic mass is 9.28. The Hall–Kier alpha value is -11.4. The molecule has 19 rings (SSSR count). The van der Waals surface area contributed by atoms with Gasteiger partial charge in [-0.05, 0) is 141 Å². The standard InChI is InChI=1S/C90H62B2N4S2/c1-7-31-61(32-8-1)69-43-19-25-49-77(69)93(65-39-15-5-16-40-65)67-55-83-89-88(58-67)98-86-60-82-75(59-76(86)91(89)73-47-23-29-53-81(73)95(83)79-51-27-21-45-71(79)63-35-11-3-12-36-63)92-74-48-24-30-54-85(74)97-87-57-68(56-84(90(87)92)96(82)80-52-28-22-46-72(80)64-37-13-4-14-38-64)94(66-41-17-6-18-42-66)78-50-26-20-44-70(78)62-33-9-2-10-34-62/h1-60,76,86H. The zero-order valence-corrected chi connectivity index (χ0v) is 55.2. The van der Waals surface area contributed by atoms with Gasteiger partial charge in [0, 0.05) is 87.7 Å². The number of thioether (sulfide) groups is 1. The van der Waals surface area contributed by atoms with Gasteiger partial charge in [0.05, 0.1) is 22.7 Å². The highest BCUT2D eigenvalue weighted by Crippen LogP contribution is 2.57. The van der Waals surface area contributed by atoms with Crippen molar-refractivity contribution in [2.75, 3.05) is 19.6 Å². The molecule has 4 aliphatic heterocycles. The first kappa shape index (κ1) is 58.0. The molecule has 0 saturated heterocycles. The quantitative estimate of drug-likeness (QED) is 0.112. The van der Waals surface area contributed by atoms with E-state index in [2.05, 4.69) is 384 Å². The van der Waals surface area contributed by atoms with Gasteiger partial charge >= 0.3 is 0 Å². The van der Waals surface area contributed by atoms with Gasteiger partial charge in [-0.3, -0.25) is 0 Å². The Morgan fingerprint density at radius 3 is 1.24 bits per heavy atom. The normalized spacial score (nSPS) is 15.1. The largest absolute Gasteiger partial charge is 0.311 e. The van der Waals surface area contributed by atoms with Crippen LogP contribution in [0.2, 0.25) is 5.82 Å². The number of allylic oxidation sites excluding steroid dienone is 2.